The third-order valence-corrected chi connectivity index (χ3v) is 2.89. The largest absolute Gasteiger partial charge is 0.307 e. The van der Waals surface area contributed by atoms with E-state index >= 15 is 0 Å². The van der Waals surface area contributed by atoms with E-state index in [4.69, 9.17) is 0 Å². The van der Waals surface area contributed by atoms with Gasteiger partial charge in [-0.15, -0.1) is 0 Å². The van der Waals surface area contributed by atoms with Gasteiger partial charge in [-0.2, -0.15) is 5.10 Å². The molecule has 1 aromatic heterocycles. The van der Waals surface area contributed by atoms with Gasteiger partial charge in [0.25, 0.3) is 5.91 Å². The van der Waals surface area contributed by atoms with Crippen LogP contribution in [-0.4, -0.2) is 15.7 Å². The van der Waals surface area contributed by atoms with Crippen LogP contribution in [0.3, 0.4) is 0 Å². The summed E-state index contributed by atoms with van der Waals surface area (Å²) in [6.45, 7) is 0. The minimum absolute atomic E-state index is 0.125. The number of nitrogens with zero attached hydrogens (tertiary/aromatic N) is 2. The molecule has 1 N–H and O–H groups in total. The fourth-order valence-corrected chi connectivity index (χ4v) is 1.65. The first-order chi connectivity index (χ1) is 7.66. The van der Waals surface area contributed by atoms with Crippen LogP contribution in [0.15, 0.2) is 36.5 Å². The number of aryl methyl sites for hydroxylation is 1. The van der Waals surface area contributed by atoms with E-state index in [9.17, 15) is 4.79 Å². The molecule has 2 aromatic rings. The average molecular weight is 327 g/mol. The maximum Gasteiger partial charge on any atom is 0.256 e. The zero-order valence-electron chi connectivity index (χ0n) is 8.64. The minimum Gasteiger partial charge on any atom is -0.307 e. The normalized spacial score (nSPS) is 10.1. The van der Waals surface area contributed by atoms with E-state index in [-0.39, 0.29) is 5.91 Å². The molecule has 2 rings (SSSR count). The number of hydrogen-bond donors (Lipinski definition) is 1. The van der Waals surface area contributed by atoms with E-state index in [2.05, 4.69) is 33.0 Å². The number of aromatic nitrogens is 2. The van der Waals surface area contributed by atoms with Gasteiger partial charge in [-0.3, -0.25) is 9.48 Å². The van der Waals surface area contributed by atoms with E-state index in [1.54, 1.807) is 36.1 Å². The van der Waals surface area contributed by atoms with Crippen LogP contribution in [0.4, 0.5) is 5.82 Å². The molecular weight excluding hydrogens is 317 g/mol. The Labute approximate surface area is 107 Å². The lowest BCUT2D eigenvalue weighted by Gasteiger charge is -2.05. The van der Waals surface area contributed by atoms with Crippen molar-refractivity contribution in [1.29, 1.82) is 0 Å². The van der Waals surface area contributed by atoms with E-state index < -0.39 is 0 Å². The molecule has 82 valence electrons. The highest BCUT2D eigenvalue weighted by atomic mass is 127. The van der Waals surface area contributed by atoms with Crippen molar-refractivity contribution in [3.8, 4) is 0 Å². The van der Waals surface area contributed by atoms with Crippen LogP contribution < -0.4 is 5.32 Å². The fourth-order valence-electron chi connectivity index (χ4n) is 1.29. The molecule has 0 spiro atoms. The van der Waals surface area contributed by atoms with Crippen LogP contribution in [-0.2, 0) is 7.05 Å². The highest BCUT2D eigenvalue weighted by Crippen LogP contribution is 2.10. The summed E-state index contributed by atoms with van der Waals surface area (Å²) in [6.07, 6.45) is 1.64. The molecule has 0 bridgehead atoms. The summed E-state index contributed by atoms with van der Waals surface area (Å²) < 4.78 is 2.72. The highest BCUT2D eigenvalue weighted by molar-refractivity contribution is 14.1. The van der Waals surface area contributed by atoms with Crippen molar-refractivity contribution in [2.75, 3.05) is 5.32 Å². The third-order valence-electron chi connectivity index (χ3n) is 2.17. The summed E-state index contributed by atoms with van der Waals surface area (Å²) in [6, 6.07) is 9.16. The summed E-state index contributed by atoms with van der Waals surface area (Å²) in [5, 5.41) is 6.76. The third kappa shape index (κ3) is 2.41. The van der Waals surface area contributed by atoms with E-state index in [1.165, 1.54) is 0 Å². The standard InChI is InChI=1S/C11H10IN3O/c1-15-10(6-7-13-15)14-11(16)8-2-4-9(12)5-3-8/h2-7H,1H3,(H,14,16). The number of carbonyl (C=O) groups is 1. The Kier molecular flexibility index (Phi) is 3.23. The molecule has 1 heterocycles. The maximum absolute atomic E-state index is 11.8. The first-order valence-electron chi connectivity index (χ1n) is 4.72. The van der Waals surface area contributed by atoms with Gasteiger partial charge in [0, 0.05) is 22.2 Å². The SMILES string of the molecule is Cn1nccc1NC(=O)c1ccc(I)cc1. The Bertz CT molecular complexity index is 504. The van der Waals surface area contributed by atoms with Crippen LogP contribution in [0, 0.1) is 3.57 Å². The lowest BCUT2D eigenvalue weighted by molar-refractivity contribution is 0.102. The summed E-state index contributed by atoms with van der Waals surface area (Å²) in [7, 11) is 1.78. The lowest BCUT2D eigenvalue weighted by atomic mass is 10.2. The molecule has 0 radical (unpaired) electrons. The molecule has 0 saturated carbocycles. The number of hydrogen-bond acceptors (Lipinski definition) is 2. The van der Waals surface area contributed by atoms with Gasteiger partial charge in [0.05, 0.1) is 6.20 Å². The van der Waals surface area contributed by atoms with Crippen molar-refractivity contribution in [3.05, 3.63) is 45.7 Å². The number of nitrogens with one attached hydrogen (secondary N) is 1. The molecule has 0 saturated heterocycles. The number of halogens is 1. The molecule has 4 nitrogen and oxygen atoms in total. The number of carbonyl (C=O) groups excluding carboxylic acids is 1. The van der Waals surface area contributed by atoms with Crippen molar-refractivity contribution in [1.82, 2.24) is 9.78 Å². The molecule has 1 aromatic carbocycles. The van der Waals surface area contributed by atoms with E-state index in [0.29, 0.717) is 11.4 Å². The van der Waals surface area contributed by atoms with E-state index in [0.717, 1.165) is 3.57 Å². The number of benzene rings is 1. The van der Waals surface area contributed by atoms with Crippen LogP contribution in [0.5, 0.6) is 0 Å². The molecular formula is C11H10IN3O. The highest BCUT2D eigenvalue weighted by Gasteiger charge is 2.07. The average Bonchev–Trinajstić information content (AvgIpc) is 2.65. The Hall–Kier alpha value is -1.37. The quantitative estimate of drug-likeness (QED) is 0.861. The zero-order valence-corrected chi connectivity index (χ0v) is 10.8. The molecule has 0 aliphatic heterocycles. The molecule has 5 heteroatoms. The van der Waals surface area contributed by atoms with Gasteiger partial charge < -0.3 is 5.32 Å². The van der Waals surface area contributed by atoms with Crippen LogP contribution in [0.2, 0.25) is 0 Å². The molecule has 0 aliphatic carbocycles. The van der Waals surface area contributed by atoms with Crippen molar-refractivity contribution >= 4 is 34.3 Å². The molecule has 0 unspecified atom stereocenters. The Morgan fingerprint density at radius 3 is 2.56 bits per heavy atom. The fraction of sp³-hybridized carbons (Fsp3) is 0.0909. The topological polar surface area (TPSA) is 46.9 Å². The second-order valence-corrected chi connectivity index (χ2v) is 4.55. The van der Waals surface area contributed by atoms with Gasteiger partial charge in [0.2, 0.25) is 0 Å². The summed E-state index contributed by atoms with van der Waals surface area (Å²) >= 11 is 2.20. The number of anilines is 1. The van der Waals surface area contributed by atoms with Crippen molar-refractivity contribution in [3.63, 3.8) is 0 Å². The van der Waals surface area contributed by atoms with Gasteiger partial charge >= 0.3 is 0 Å². The lowest BCUT2D eigenvalue weighted by Crippen LogP contribution is -2.14. The summed E-state index contributed by atoms with van der Waals surface area (Å²) in [4.78, 5) is 11.8. The van der Waals surface area contributed by atoms with Crippen molar-refractivity contribution < 1.29 is 4.79 Å². The Morgan fingerprint density at radius 2 is 2.00 bits per heavy atom. The van der Waals surface area contributed by atoms with Crippen molar-refractivity contribution in [2.45, 2.75) is 0 Å². The van der Waals surface area contributed by atoms with Gasteiger partial charge in [0.15, 0.2) is 0 Å². The summed E-state index contributed by atoms with van der Waals surface area (Å²) in [5.74, 6) is 0.559. The first kappa shape index (κ1) is 11.1. The molecule has 16 heavy (non-hydrogen) atoms. The number of rotatable bonds is 2. The monoisotopic (exact) mass is 327 g/mol. The van der Waals surface area contributed by atoms with Gasteiger partial charge in [-0.25, -0.2) is 0 Å². The maximum atomic E-state index is 11.8. The van der Waals surface area contributed by atoms with Gasteiger partial charge in [-0.05, 0) is 46.9 Å². The first-order valence-corrected chi connectivity index (χ1v) is 5.79. The predicted octanol–water partition coefficient (Wildman–Crippen LogP) is 2.28. The predicted molar refractivity (Wildman–Crippen MR) is 70.3 cm³/mol. The molecule has 0 aliphatic rings. The molecule has 0 fully saturated rings. The van der Waals surface area contributed by atoms with Crippen molar-refractivity contribution in [2.24, 2.45) is 7.05 Å². The smallest absolute Gasteiger partial charge is 0.256 e. The molecule has 1 amide bonds. The second-order valence-electron chi connectivity index (χ2n) is 3.30. The number of amides is 1. The Morgan fingerprint density at radius 1 is 1.31 bits per heavy atom. The minimum atomic E-state index is -0.125. The van der Waals surface area contributed by atoms with Crippen LogP contribution in [0.25, 0.3) is 0 Å². The zero-order chi connectivity index (χ0) is 11.5. The molecule has 0 atom stereocenters. The van der Waals surface area contributed by atoms with Gasteiger partial charge in [-0.1, -0.05) is 0 Å². The van der Waals surface area contributed by atoms with Crippen LogP contribution in [0.1, 0.15) is 10.4 Å². The van der Waals surface area contributed by atoms with Crippen LogP contribution >= 0.6 is 22.6 Å². The van der Waals surface area contributed by atoms with Gasteiger partial charge in [0.1, 0.15) is 5.82 Å². The second kappa shape index (κ2) is 4.65. The van der Waals surface area contributed by atoms with E-state index in [1.807, 2.05) is 12.1 Å². The summed E-state index contributed by atoms with van der Waals surface area (Å²) in [5.41, 5.74) is 0.640. The Balaban J connectivity index is 2.15.